The highest BCUT2D eigenvalue weighted by Crippen LogP contribution is 2.35. The third-order valence-corrected chi connectivity index (χ3v) is 3.28. The average Bonchev–Trinajstić information content (AvgIpc) is 2.81. The molecule has 0 radical (unpaired) electrons. The van der Waals surface area contributed by atoms with Crippen LogP contribution in [0.5, 0.6) is 0 Å². The first-order valence-corrected chi connectivity index (χ1v) is 6.02. The summed E-state index contributed by atoms with van der Waals surface area (Å²) in [6.45, 7) is 0.133. The van der Waals surface area contributed by atoms with E-state index in [4.69, 9.17) is 15.2 Å². The van der Waals surface area contributed by atoms with E-state index in [0.29, 0.717) is 17.6 Å². The summed E-state index contributed by atoms with van der Waals surface area (Å²) in [6, 6.07) is 0. The highest BCUT2D eigenvalue weighted by atomic mass is 16.6. The van der Waals surface area contributed by atoms with Crippen molar-refractivity contribution in [3.05, 3.63) is 11.7 Å². The second-order valence-corrected chi connectivity index (χ2v) is 4.41. The van der Waals surface area contributed by atoms with Gasteiger partial charge in [0.1, 0.15) is 12.7 Å². The molecular weight excluding hydrogens is 222 g/mol. The van der Waals surface area contributed by atoms with Crippen LogP contribution in [-0.4, -0.2) is 17.3 Å². The van der Waals surface area contributed by atoms with Crippen molar-refractivity contribution in [1.82, 2.24) is 10.1 Å². The zero-order valence-electron chi connectivity index (χ0n) is 10.1. The lowest BCUT2D eigenvalue weighted by Gasteiger charge is -2.26. The molecule has 0 aromatic carbocycles. The first-order valence-electron chi connectivity index (χ1n) is 6.02. The maximum absolute atomic E-state index is 5.51. The van der Waals surface area contributed by atoms with Crippen molar-refractivity contribution in [2.75, 3.05) is 7.11 Å². The van der Waals surface area contributed by atoms with Gasteiger partial charge in [0.2, 0.25) is 5.82 Å². The average molecular weight is 241 g/mol. The van der Waals surface area contributed by atoms with Crippen molar-refractivity contribution in [2.24, 2.45) is 11.8 Å². The largest absolute Gasteiger partial charge is 0.373 e. The van der Waals surface area contributed by atoms with Crippen molar-refractivity contribution in [1.29, 1.82) is 0 Å². The number of aromatic nitrogens is 2. The van der Waals surface area contributed by atoms with E-state index in [-0.39, 0.29) is 12.7 Å². The Morgan fingerprint density at radius 3 is 2.82 bits per heavy atom. The van der Waals surface area contributed by atoms with Crippen LogP contribution in [0.4, 0.5) is 0 Å². The molecule has 0 bridgehead atoms. The number of ether oxygens (including phenoxy) is 1. The third kappa shape index (κ3) is 3.02. The molecule has 1 aromatic rings. The minimum Gasteiger partial charge on any atom is -0.373 e. The third-order valence-electron chi connectivity index (χ3n) is 3.28. The van der Waals surface area contributed by atoms with E-state index in [1.54, 1.807) is 7.11 Å². The molecule has 0 amide bonds. The molecule has 0 spiro atoms. The van der Waals surface area contributed by atoms with Crippen molar-refractivity contribution in [3.63, 3.8) is 0 Å². The van der Waals surface area contributed by atoms with E-state index >= 15 is 0 Å². The van der Waals surface area contributed by atoms with Gasteiger partial charge in [0.15, 0.2) is 0 Å². The van der Waals surface area contributed by atoms with Crippen LogP contribution >= 0.6 is 0 Å². The van der Waals surface area contributed by atoms with Gasteiger partial charge in [-0.25, -0.2) is 5.90 Å². The van der Waals surface area contributed by atoms with E-state index in [2.05, 4.69) is 15.0 Å². The van der Waals surface area contributed by atoms with Gasteiger partial charge in [0.25, 0.3) is 5.89 Å². The maximum atomic E-state index is 5.51. The Labute approximate surface area is 100 Å². The van der Waals surface area contributed by atoms with E-state index < -0.39 is 0 Å². The molecule has 96 valence electrons. The quantitative estimate of drug-likeness (QED) is 0.790. The van der Waals surface area contributed by atoms with Crippen LogP contribution in [-0.2, 0) is 16.2 Å². The van der Waals surface area contributed by atoms with Crippen molar-refractivity contribution < 1.29 is 14.1 Å². The predicted octanol–water partition coefficient (Wildman–Crippen LogP) is 1.73. The molecule has 2 rings (SSSR count). The molecule has 1 aliphatic carbocycles. The molecule has 1 aromatic heterocycles. The minimum absolute atomic E-state index is 0.0782. The van der Waals surface area contributed by atoms with Crippen LogP contribution in [0, 0.1) is 5.92 Å². The number of methoxy groups -OCH3 is 1. The molecule has 17 heavy (non-hydrogen) atoms. The van der Waals surface area contributed by atoms with Gasteiger partial charge >= 0.3 is 0 Å². The van der Waals surface area contributed by atoms with Gasteiger partial charge in [-0.2, -0.15) is 4.98 Å². The Morgan fingerprint density at radius 2 is 2.18 bits per heavy atom. The molecule has 0 aliphatic heterocycles. The fourth-order valence-corrected chi connectivity index (χ4v) is 2.46. The van der Waals surface area contributed by atoms with Crippen LogP contribution in [0.3, 0.4) is 0 Å². The molecule has 1 fully saturated rings. The Bertz CT molecular complexity index is 336. The molecule has 1 aliphatic rings. The van der Waals surface area contributed by atoms with E-state index in [1.165, 1.54) is 19.3 Å². The fourth-order valence-electron chi connectivity index (χ4n) is 2.46. The first kappa shape index (κ1) is 12.5. The number of hydrogen-bond donors (Lipinski definition) is 1. The molecule has 6 heteroatoms. The Kier molecular flexibility index (Phi) is 4.47. The predicted molar refractivity (Wildman–Crippen MR) is 59.6 cm³/mol. The Morgan fingerprint density at radius 1 is 1.41 bits per heavy atom. The summed E-state index contributed by atoms with van der Waals surface area (Å²) < 4.78 is 10.5. The summed E-state index contributed by atoms with van der Waals surface area (Å²) >= 11 is 0. The normalized spacial score (nSPS) is 19.4. The van der Waals surface area contributed by atoms with Crippen LogP contribution < -0.4 is 5.90 Å². The molecule has 1 atom stereocenters. The molecule has 1 saturated carbocycles. The lowest BCUT2D eigenvalue weighted by atomic mass is 9.85. The number of nitrogens with zero attached hydrogens (tertiary/aromatic N) is 2. The number of rotatable bonds is 5. The van der Waals surface area contributed by atoms with Crippen LogP contribution in [0.15, 0.2) is 4.52 Å². The van der Waals surface area contributed by atoms with Gasteiger partial charge in [-0.05, 0) is 18.8 Å². The minimum atomic E-state index is -0.0782. The Hall–Kier alpha value is -0.980. The maximum Gasteiger partial charge on any atom is 0.254 e. The fraction of sp³-hybridized carbons (Fsp3) is 0.818. The summed E-state index contributed by atoms with van der Waals surface area (Å²) in [7, 11) is 1.69. The molecule has 6 nitrogen and oxygen atoms in total. The van der Waals surface area contributed by atoms with Crippen LogP contribution in [0.25, 0.3) is 0 Å². The lowest BCUT2D eigenvalue weighted by Crippen LogP contribution is -2.19. The van der Waals surface area contributed by atoms with Crippen LogP contribution in [0.1, 0.15) is 49.9 Å². The summed E-state index contributed by atoms with van der Waals surface area (Å²) in [4.78, 5) is 8.70. The second kappa shape index (κ2) is 6.09. The number of hydrogen-bond acceptors (Lipinski definition) is 6. The monoisotopic (exact) mass is 241 g/mol. The standard InChI is InChI=1S/C11H19N3O3/c1-15-10(8-5-3-2-4-6-8)11-13-9(7-16-12)17-14-11/h8,10H,2-7,12H2,1H3. The molecule has 1 unspecified atom stereocenters. The second-order valence-electron chi connectivity index (χ2n) is 4.41. The lowest BCUT2D eigenvalue weighted by molar-refractivity contribution is 0.0273. The van der Waals surface area contributed by atoms with E-state index in [9.17, 15) is 0 Å². The van der Waals surface area contributed by atoms with Crippen molar-refractivity contribution >= 4 is 0 Å². The molecule has 1 heterocycles. The van der Waals surface area contributed by atoms with Crippen LogP contribution in [0.2, 0.25) is 0 Å². The summed E-state index contributed by atoms with van der Waals surface area (Å²) in [6.07, 6.45) is 6.06. The molecular formula is C11H19N3O3. The highest BCUT2D eigenvalue weighted by molar-refractivity contribution is 4.94. The first-order chi connectivity index (χ1) is 8.35. The van der Waals surface area contributed by atoms with E-state index in [0.717, 1.165) is 12.8 Å². The van der Waals surface area contributed by atoms with Gasteiger partial charge in [0, 0.05) is 7.11 Å². The smallest absolute Gasteiger partial charge is 0.254 e. The summed E-state index contributed by atoms with van der Waals surface area (Å²) in [5.41, 5.74) is 0. The molecule has 0 saturated heterocycles. The topological polar surface area (TPSA) is 83.4 Å². The van der Waals surface area contributed by atoms with E-state index in [1.807, 2.05) is 0 Å². The summed E-state index contributed by atoms with van der Waals surface area (Å²) in [5.74, 6) is 6.44. The number of nitrogens with two attached hydrogens (primary N) is 1. The highest BCUT2D eigenvalue weighted by Gasteiger charge is 2.28. The van der Waals surface area contributed by atoms with Gasteiger partial charge in [-0.3, -0.25) is 4.84 Å². The molecule has 2 N–H and O–H groups in total. The SMILES string of the molecule is COC(c1noc(CON)n1)C1CCCCC1. The Balaban J connectivity index is 2.04. The van der Waals surface area contributed by atoms with Gasteiger partial charge < -0.3 is 9.26 Å². The van der Waals surface area contributed by atoms with Gasteiger partial charge in [-0.15, -0.1) is 0 Å². The summed E-state index contributed by atoms with van der Waals surface area (Å²) in [5, 5.41) is 3.93. The van der Waals surface area contributed by atoms with Crippen molar-refractivity contribution in [2.45, 2.75) is 44.8 Å². The zero-order valence-corrected chi connectivity index (χ0v) is 10.1. The van der Waals surface area contributed by atoms with Crippen molar-refractivity contribution in [3.8, 4) is 0 Å². The van der Waals surface area contributed by atoms with Gasteiger partial charge in [0.05, 0.1) is 0 Å². The van der Waals surface area contributed by atoms with Gasteiger partial charge in [-0.1, -0.05) is 24.4 Å². The zero-order chi connectivity index (χ0) is 12.1.